The summed E-state index contributed by atoms with van der Waals surface area (Å²) < 4.78 is 0. The Morgan fingerprint density at radius 1 is 0.833 bits per heavy atom. The molecule has 1 radical (unpaired) electrons. The Morgan fingerprint density at radius 2 is 1.28 bits per heavy atom. The van der Waals surface area contributed by atoms with Crippen molar-refractivity contribution in [2.45, 2.75) is 0 Å². The third kappa shape index (κ3) is 3.90. The fraction of sp³-hybridized carbons (Fsp3) is 0. The van der Waals surface area contributed by atoms with Gasteiger partial charge in [0.1, 0.15) is 0 Å². The Balaban J connectivity index is 0.00000162. The van der Waals surface area contributed by atoms with Crippen molar-refractivity contribution >= 4 is 11.4 Å². The van der Waals surface area contributed by atoms with E-state index in [0.717, 1.165) is 5.56 Å². The molecule has 0 amide bonds. The van der Waals surface area contributed by atoms with Gasteiger partial charge < -0.3 is 11.1 Å². The van der Waals surface area contributed by atoms with Crippen molar-refractivity contribution in [2.24, 2.45) is 0 Å². The maximum atomic E-state index is 9.87. The molecule has 0 aliphatic carbocycles. The van der Waals surface area contributed by atoms with E-state index in [4.69, 9.17) is 5.73 Å². The van der Waals surface area contributed by atoms with E-state index in [1.54, 1.807) is 0 Å². The van der Waals surface area contributed by atoms with Crippen LogP contribution in [0.3, 0.4) is 0 Å². The fourth-order valence-electron chi connectivity index (χ4n) is 1.53. The molecule has 0 saturated carbocycles. The number of hydrogen-bond donors (Lipinski definition) is 0. The minimum absolute atomic E-state index is 0. The van der Waals surface area contributed by atoms with Gasteiger partial charge in [0.2, 0.25) is 0 Å². The zero-order valence-corrected chi connectivity index (χ0v) is 12.7. The molecule has 0 atom stereocenters. The van der Waals surface area contributed by atoms with Crippen LogP contribution in [-0.4, -0.2) is 5.71 Å². The van der Waals surface area contributed by atoms with Crippen LogP contribution in [0.5, 0.6) is 0 Å². The molecule has 0 heterocycles. The quantitative estimate of drug-likeness (QED) is 0.765. The van der Waals surface area contributed by atoms with Crippen LogP contribution < -0.4 is 0 Å². The van der Waals surface area contributed by atoms with Gasteiger partial charge in [-0.05, 0) is 11.1 Å². The van der Waals surface area contributed by atoms with Crippen LogP contribution in [0.15, 0.2) is 66.7 Å². The molecule has 1 N–H and O–H groups in total. The van der Waals surface area contributed by atoms with Gasteiger partial charge in [-0.1, -0.05) is 66.7 Å². The summed E-state index contributed by atoms with van der Waals surface area (Å²) in [6.07, 6.45) is 1.46. The SMILES string of the molecule is [N-]=C(/C=C(\[NH-])c1ccccc1)c1ccccc1.[Y]. The Hall–Kier alpha value is -1.25. The first-order chi connectivity index (χ1) is 8.27. The van der Waals surface area contributed by atoms with Crippen molar-refractivity contribution in [2.75, 3.05) is 0 Å². The van der Waals surface area contributed by atoms with E-state index >= 15 is 0 Å². The number of nitrogens with one attached hydrogen (secondary N) is 1. The van der Waals surface area contributed by atoms with Crippen LogP contribution in [0.4, 0.5) is 0 Å². The summed E-state index contributed by atoms with van der Waals surface area (Å²) in [5, 5.41) is 9.87. The molecular formula is C15H12N2Y-2. The van der Waals surface area contributed by atoms with E-state index in [0.29, 0.717) is 11.3 Å². The van der Waals surface area contributed by atoms with Crippen molar-refractivity contribution in [3.05, 3.63) is 89.0 Å². The predicted octanol–water partition coefficient (Wildman–Crippen LogP) is 4.14. The molecule has 18 heavy (non-hydrogen) atoms. The van der Waals surface area contributed by atoms with Crippen LogP contribution in [0, 0.1) is 0 Å². The standard InChI is InChI=1S/C15H12N2.Y/c16-14(12-7-3-1-4-8-12)11-15(17)13-9-5-2-6-10-13;/h1-11,16H;/q-2;/b14-11-;. The second-order valence-corrected chi connectivity index (χ2v) is 3.68. The first-order valence-electron chi connectivity index (χ1n) is 5.37. The minimum atomic E-state index is 0. The molecule has 0 aliphatic heterocycles. The maximum absolute atomic E-state index is 9.87. The number of benzene rings is 2. The fourth-order valence-corrected chi connectivity index (χ4v) is 1.53. The van der Waals surface area contributed by atoms with Gasteiger partial charge in [0, 0.05) is 32.7 Å². The van der Waals surface area contributed by atoms with Crippen molar-refractivity contribution in [1.82, 2.24) is 0 Å². The normalized spacial score (nSPS) is 10.6. The molecule has 0 fully saturated rings. The molecule has 2 nitrogen and oxygen atoms in total. The summed E-state index contributed by atoms with van der Waals surface area (Å²) in [5.74, 6) is 0. The number of allylic oxidation sites excluding steroid dienone is 1. The molecule has 0 bridgehead atoms. The molecule has 2 rings (SSSR count). The average Bonchev–Trinajstić information content (AvgIpc) is 2.40. The van der Waals surface area contributed by atoms with Gasteiger partial charge >= 0.3 is 0 Å². The Morgan fingerprint density at radius 3 is 1.78 bits per heavy atom. The molecule has 0 saturated heterocycles. The molecule has 2 aromatic carbocycles. The van der Waals surface area contributed by atoms with E-state index in [9.17, 15) is 5.41 Å². The van der Waals surface area contributed by atoms with E-state index < -0.39 is 0 Å². The zero-order chi connectivity index (χ0) is 12.1. The van der Waals surface area contributed by atoms with Crippen molar-refractivity contribution in [1.29, 1.82) is 0 Å². The van der Waals surface area contributed by atoms with E-state index in [2.05, 4.69) is 0 Å². The van der Waals surface area contributed by atoms with Crippen molar-refractivity contribution < 1.29 is 32.7 Å². The van der Waals surface area contributed by atoms with Crippen LogP contribution in [0.25, 0.3) is 16.8 Å². The molecule has 0 unspecified atom stereocenters. The van der Waals surface area contributed by atoms with Crippen LogP contribution in [0.1, 0.15) is 11.1 Å². The summed E-state index contributed by atoms with van der Waals surface area (Å²) in [6, 6.07) is 18.5. The third-order valence-electron chi connectivity index (χ3n) is 2.44. The van der Waals surface area contributed by atoms with E-state index in [-0.39, 0.29) is 38.4 Å². The van der Waals surface area contributed by atoms with Crippen molar-refractivity contribution in [3.63, 3.8) is 0 Å². The van der Waals surface area contributed by atoms with Gasteiger partial charge in [-0.3, -0.25) is 0 Å². The molecule has 87 valence electrons. The number of hydrogen-bond acceptors (Lipinski definition) is 0. The van der Waals surface area contributed by atoms with Crippen LogP contribution in [0.2, 0.25) is 0 Å². The average molecular weight is 309 g/mol. The summed E-state index contributed by atoms with van der Waals surface area (Å²) in [7, 11) is 0. The Kier molecular flexibility index (Phi) is 5.96. The summed E-state index contributed by atoms with van der Waals surface area (Å²) in [6.45, 7) is 0. The smallest absolute Gasteiger partial charge is 0 e. The van der Waals surface area contributed by atoms with Gasteiger partial charge in [-0.25, -0.2) is 0 Å². The van der Waals surface area contributed by atoms with E-state index in [1.165, 1.54) is 6.08 Å². The second kappa shape index (κ2) is 7.25. The molecule has 0 aromatic heterocycles. The molecule has 0 spiro atoms. The van der Waals surface area contributed by atoms with Crippen LogP contribution in [-0.2, 0) is 32.7 Å². The molecular weight excluding hydrogens is 297 g/mol. The van der Waals surface area contributed by atoms with Crippen LogP contribution >= 0.6 is 0 Å². The van der Waals surface area contributed by atoms with Gasteiger partial charge in [0.25, 0.3) is 0 Å². The summed E-state index contributed by atoms with van der Waals surface area (Å²) in [4.78, 5) is 0. The number of rotatable bonds is 3. The number of nitrogens with zero attached hydrogens (tertiary/aromatic N) is 1. The predicted molar refractivity (Wildman–Crippen MR) is 72.7 cm³/mol. The Bertz CT molecular complexity index is 533. The minimum Gasteiger partial charge on any atom is -0.803 e. The van der Waals surface area contributed by atoms with Crippen molar-refractivity contribution in [3.8, 4) is 0 Å². The first kappa shape index (κ1) is 14.8. The summed E-state index contributed by atoms with van der Waals surface area (Å²) in [5.41, 5.74) is 9.78. The maximum Gasteiger partial charge on any atom is 0 e. The topological polar surface area (TPSA) is 46.1 Å². The van der Waals surface area contributed by atoms with E-state index in [1.807, 2.05) is 60.7 Å². The first-order valence-corrected chi connectivity index (χ1v) is 5.37. The van der Waals surface area contributed by atoms with Gasteiger partial charge in [-0.2, -0.15) is 5.71 Å². The monoisotopic (exact) mass is 309 g/mol. The second-order valence-electron chi connectivity index (χ2n) is 3.68. The Labute approximate surface area is 132 Å². The summed E-state index contributed by atoms with van der Waals surface area (Å²) >= 11 is 0. The zero-order valence-electron chi connectivity index (χ0n) is 9.88. The largest absolute Gasteiger partial charge is 0.803 e. The third-order valence-corrected chi connectivity index (χ3v) is 2.44. The molecule has 3 heteroatoms. The van der Waals surface area contributed by atoms with Gasteiger partial charge in [-0.15, -0.1) is 5.70 Å². The molecule has 0 aliphatic rings. The molecule has 2 aromatic rings. The van der Waals surface area contributed by atoms with Gasteiger partial charge in [0.15, 0.2) is 0 Å². The van der Waals surface area contributed by atoms with Gasteiger partial charge in [0.05, 0.1) is 0 Å².